The zero-order chi connectivity index (χ0) is 21.6. The van der Waals surface area contributed by atoms with Crippen LogP contribution in [-0.4, -0.2) is 37.2 Å². The van der Waals surface area contributed by atoms with Gasteiger partial charge in [0.1, 0.15) is 5.00 Å². The summed E-state index contributed by atoms with van der Waals surface area (Å²) in [6, 6.07) is 4.25. The molecule has 0 spiro atoms. The summed E-state index contributed by atoms with van der Waals surface area (Å²) < 4.78 is 30.2. The lowest BCUT2D eigenvalue weighted by Crippen LogP contribution is -2.25. The third-order valence-electron chi connectivity index (χ3n) is 4.75. The third kappa shape index (κ3) is 3.71. The van der Waals surface area contributed by atoms with E-state index < -0.39 is 22.0 Å². The smallest absolute Gasteiger partial charge is 0.319 e. The second-order valence-corrected chi connectivity index (χ2v) is 9.67. The van der Waals surface area contributed by atoms with Crippen LogP contribution in [0.1, 0.15) is 34.7 Å². The number of aryl methyl sites for hydroxylation is 1. The van der Waals surface area contributed by atoms with Gasteiger partial charge in [0.15, 0.2) is 5.03 Å². The fourth-order valence-electron chi connectivity index (χ4n) is 3.23. The van der Waals surface area contributed by atoms with Crippen molar-refractivity contribution in [2.24, 2.45) is 12.8 Å². The van der Waals surface area contributed by atoms with Gasteiger partial charge in [-0.15, -0.1) is 11.3 Å². The minimum absolute atomic E-state index is 0.111. The van der Waals surface area contributed by atoms with Crippen LogP contribution >= 0.6 is 11.3 Å². The Morgan fingerprint density at radius 2 is 2.03 bits per heavy atom. The van der Waals surface area contributed by atoms with E-state index in [0.717, 1.165) is 23.1 Å². The van der Waals surface area contributed by atoms with Gasteiger partial charge in [0.2, 0.25) is 0 Å². The SMILES string of the molecule is CNC(=O)Nc1sc2c(C3CC3)cc(NS(=O)(=O)c3ccn(C)n3)cc2c1C(N)=O. The van der Waals surface area contributed by atoms with Crippen molar-refractivity contribution in [1.82, 2.24) is 15.1 Å². The minimum Gasteiger partial charge on any atom is -0.365 e. The van der Waals surface area contributed by atoms with Crippen molar-refractivity contribution in [3.8, 4) is 0 Å². The van der Waals surface area contributed by atoms with Crippen LogP contribution in [0.4, 0.5) is 15.5 Å². The van der Waals surface area contributed by atoms with E-state index in [4.69, 9.17) is 5.73 Å². The normalized spacial score (nSPS) is 13.9. The average Bonchev–Trinajstić information content (AvgIpc) is 3.31. The zero-order valence-electron chi connectivity index (χ0n) is 16.2. The number of anilines is 2. The van der Waals surface area contributed by atoms with E-state index in [1.165, 1.54) is 35.3 Å². The van der Waals surface area contributed by atoms with Crippen LogP contribution < -0.4 is 21.1 Å². The van der Waals surface area contributed by atoms with Gasteiger partial charge >= 0.3 is 6.03 Å². The number of nitrogens with two attached hydrogens (primary N) is 1. The molecule has 10 nitrogen and oxygen atoms in total. The van der Waals surface area contributed by atoms with Gasteiger partial charge in [-0.3, -0.25) is 19.5 Å². The number of thiophene rings is 1. The predicted molar refractivity (Wildman–Crippen MR) is 114 cm³/mol. The maximum Gasteiger partial charge on any atom is 0.319 e. The topological polar surface area (TPSA) is 148 Å². The Kier molecular flexibility index (Phi) is 4.90. The number of urea groups is 1. The van der Waals surface area contributed by atoms with Crippen molar-refractivity contribution < 1.29 is 18.0 Å². The first kappa shape index (κ1) is 20.2. The number of nitrogens with zero attached hydrogens (tertiary/aromatic N) is 2. The molecule has 0 aliphatic heterocycles. The van der Waals surface area contributed by atoms with Crippen molar-refractivity contribution in [3.63, 3.8) is 0 Å². The predicted octanol–water partition coefficient (Wildman–Crippen LogP) is 2.16. The van der Waals surface area contributed by atoms with E-state index in [2.05, 4.69) is 20.5 Å². The molecule has 4 rings (SSSR count). The molecule has 158 valence electrons. The monoisotopic (exact) mass is 448 g/mol. The summed E-state index contributed by atoms with van der Waals surface area (Å²) in [4.78, 5) is 24.0. The summed E-state index contributed by atoms with van der Waals surface area (Å²) in [6.07, 6.45) is 3.47. The summed E-state index contributed by atoms with van der Waals surface area (Å²) in [7, 11) is -0.815. The first-order valence-electron chi connectivity index (χ1n) is 9.11. The van der Waals surface area contributed by atoms with Crippen molar-refractivity contribution in [1.29, 1.82) is 0 Å². The van der Waals surface area contributed by atoms with E-state index in [9.17, 15) is 18.0 Å². The number of nitrogens with one attached hydrogen (secondary N) is 3. The Balaban J connectivity index is 1.85. The minimum atomic E-state index is -3.91. The Bertz CT molecular complexity index is 1270. The molecule has 30 heavy (non-hydrogen) atoms. The number of carbonyl (C=O) groups excluding carboxylic acids is 2. The third-order valence-corrected chi connectivity index (χ3v) is 7.20. The number of hydrogen-bond acceptors (Lipinski definition) is 6. The summed E-state index contributed by atoms with van der Waals surface area (Å²) in [5, 5.41) is 9.73. The second-order valence-electron chi connectivity index (χ2n) is 7.02. The first-order chi connectivity index (χ1) is 14.2. The number of benzene rings is 1. The Labute approximate surface area is 176 Å². The number of hydrogen-bond donors (Lipinski definition) is 4. The molecule has 0 saturated heterocycles. The van der Waals surface area contributed by atoms with E-state index in [1.54, 1.807) is 19.2 Å². The van der Waals surface area contributed by atoms with Crippen LogP contribution in [0, 0.1) is 0 Å². The highest BCUT2D eigenvalue weighted by Crippen LogP contribution is 2.48. The molecule has 3 aromatic rings. The molecule has 0 bridgehead atoms. The summed E-state index contributed by atoms with van der Waals surface area (Å²) in [5.74, 6) is -0.446. The quantitative estimate of drug-likeness (QED) is 0.456. The van der Waals surface area contributed by atoms with E-state index >= 15 is 0 Å². The fourth-order valence-corrected chi connectivity index (χ4v) is 5.51. The Hall–Kier alpha value is -3.12. The van der Waals surface area contributed by atoms with Gasteiger partial charge in [-0.2, -0.15) is 13.5 Å². The lowest BCUT2D eigenvalue weighted by atomic mass is 10.0. The molecule has 1 aliphatic carbocycles. The molecule has 1 aromatic carbocycles. The summed E-state index contributed by atoms with van der Waals surface area (Å²) in [6.45, 7) is 0. The van der Waals surface area contributed by atoms with E-state index in [-0.39, 0.29) is 16.5 Å². The molecule has 0 unspecified atom stereocenters. The van der Waals surface area contributed by atoms with Crippen molar-refractivity contribution in [3.05, 3.63) is 35.5 Å². The highest BCUT2D eigenvalue weighted by Gasteiger charge is 2.30. The number of rotatable bonds is 6. The van der Waals surface area contributed by atoms with Crippen LogP contribution in [0.2, 0.25) is 0 Å². The molecule has 0 atom stereocenters. The molecule has 5 N–H and O–H groups in total. The standard InChI is InChI=1S/C18H20N6O4S2/c1-20-18(26)21-17-14(16(19)25)12-8-10(7-11(9-3-4-9)15(12)29-17)23-30(27,28)13-5-6-24(2)22-13/h5-9,23H,3-4H2,1-2H3,(H2,19,25)(H2,20,21,26). The molecule has 1 aliphatic rings. The molecule has 2 heterocycles. The largest absolute Gasteiger partial charge is 0.365 e. The number of primary amides is 1. The van der Waals surface area contributed by atoms with Crippen molar-refractivity contribution in [2.75, 3.05) is 17.1 Å². The van der Waals surface area contributed by atoms with E-state index in [0.29, 0.717) is 16.1 Å². The van der Waals surface area contributed by atoms with E-state index in [1.807, 2.05) is 0 Å². The van der Waals surface area contributed by atoms with Gasteiger partial charge in [0.05, 0.1) is 5.56 Å². The Morgan fingerprint density at radius 1 is 1.30 bits per heavy atom. The highest BCUT2D eigenvalue weighted by molar-refractivity contribution is 7.92. The average molecular weight is 449 g/mol. The first-order valence-corrected chi connectivity index (χ1v) is 11.4. The van der Waals surface area contributed by atoms with Gasteiger partial charge in [-0.25, -0.2) is 4.79 Å². The fraction of sp³-hybridized carbons (Fsp3) is 0.278. The Morgan fingerprint density at radius 3 is 2.60 bits per heavy atom. The maximum absolute atomic E-state index is 12.7. The molecule has 2 aromatic heterocycles. The van der Waals surface area contributed by atoms with Crippen molar-refractivity contribution in [2.45, 2.75) is 23.8 Å². The molecule has 1 fully saturated rings. The zero-order valence-corrected chi connectivity index (χ0v) is 17.9. The molecular weight excluding hydrogens is 428 g/mol. The highest BCUT2D eigenvalue weighted by atomic mass is 32.2. The van der Waals surface area contributed by atoms with Gasteiger partial charge in [0.25, 0.3) is 15.9 Å². The number of aromatic nitrogens is 2. The van der Waals surface area contributed by atoms with Gasteiger partial charge in [-0.1, -0.05) is 0 Å². The lowest BCUT2D eigenvalue weighted by molar-refractivity contribution is 0.100. The number of sulfonamides is 1. The van der Waals surface area contributed by atoms with Crippen LogP contribution in [0.15, 0.2) is 29.4 Å². The lowest BCUT2D eigenvalue weighted by Gasteiger charge is -2.10. The molecule has 12 heteroatoms. The van der Waals surface area contributed by atoms with Gasteiger partial charge < -0.3 is 11.1 Å². The van der Waals surface area contributed by atoms with Crippen molar-refractivity contribution >= 4 is 54.1 Å². The summed E-state index contributed by atoms with van der Waals surface area (Å²) >= 11 is 1.25. The van der Waals surface area contributed by atoms with Gasteiger partial charge in [-0.05, 0) is 42.5 Å². The molecular formula is C18H20N6O4S2. The van der Waals surface area contributed by atoms with Crippen LogP contribution in [0.5, 0.6) is 0 Å². The number of carbonyl (C=O) groups is 2. The molecule has 1 saturated carbocycles. The maximum atomic E-state index is 12.7. The second kappa shape index (κ2) is 7.29. The molecule has 0 radical (unpaired) electrons. The number of amides is 3. The van der Waals surface area contributed by atoms with Crippen LogP contribution in [0.25, 0.3) is 10.1 Å². The number of fused-ring (bicyclic) bond motifs is 1. The van der Waals surface area contributed by atoms with Crippen LogP contribution in [-0.2, 0) is 17.1 Å². The van der Waals surface area contributed by atoms with Crippen LogP contribution in [0.3, 0.4) is 0 Å². The summed E-state index contributed by atoms with van der Waals surface area (Å²) in [5.41, 5.74) is 6.98. The molecule has 3 amide bonds. The van der Waals surface area contributed by atoms with Gasteiger partial charge in [0, 0.05) is 36.1 Å².